The van der Waals surface area contributed by atoms with E-state index in [1.54, 1.807) is 0 Å². The smallest absolute Gasteiger partial charge is 0.167 e. The highest BCUT2D eigenvalue weighted by Crippen LogP contribution is 1.76. The number of amidine groups is 1. The van der Waals surface area contributed by atoms with Crippen LogP contribution in [0.4, 0.5) is 0 Å². The molecule has 0 aromatic carbocycles. The van der Waals surface area contributed by atoms with Crippen LogP contribution in [0.5, 0.6) is 0 Å². The minimum absolute atomic E-state index is 0.0556. The molecule has 0 aliphatic heterocycles. The van der Waals surface area contributed by atoms with Crippen LogP contribution in [0.3, 0.4) is 0 Å². The molecule has 0 atom stereocenters. The summed E-state index contributed by atoms with van der Waals surface area (Å²) in [5.74, 6) is 0.0556. The molecule has 1 N–H and O–H groups in total. The Morgan fingerprint density at radius 2 is 2.29 bits per heavy atom. The van der Waals surface area contributed by atoms with Crippen LogP contribution in [0.1, 0.15) is 6.92 Å². The van der Waals surface area contributed by atoms with Gasteiger partial charge in [-0.05, 0) is 6.92 Å². The van der Waals surface area contributed by atoms with Gasteiger partial charge in [-0.25, -0.2) is 5.06 Å². The predicted octanol–water partition coefficient (Wildman–Crippen LogP) is 0.0713. The van der Waals surface area contributed by atoms with Crippen LogP contribution in [-0.2, 0) is 5.21 Å². The van der Waals surface area contributed by atoms with E-state index >= 15 is 0 Å². The standard InChI is InChI=1S/C3H7N2O2/c1-3(4-6)5(2)7/h6H,1-2H3/b4-3-. The van der Waals surface area contributed by atoms with E-state index in [0.29, 0.717) is 5.06 Å². The third-order valence-electron chi connectivity index (χ3n) is 0.600. The van der Waals surface area contributed by atoms with E-state index in [9.17, 15) is 5.21 Å². The highest BCUT2D eigenvalue weighted by molar-refractivity contribution is 5.77. The highest BCUT2D eigenvalue weighted by Gasteiger charge is 1.92. The molecule has 0 aliphatic rings. The van der Waals surface area contributed by atoms with Crippen molar-refractivity contribution >= 4 is 5.84 Å². The van der Waals surface area contributed by atoms with Crippen LogP contribution in [0.25, 0.3) is 0 Å². The van der Waals surface area contributed by atoms with Gasteiger partial charge in [-0.15, -0.1) is 0 Å². The number of hydrogen-bond acceptors (Lipinski definition) is 2. The monoisotopic (exact) mass is 103 g/mol. The van der Waals surface area contributed by atoms with Gasteiger partial charge in [0, 0.05) is 7.05 Å². The molecule has 4 heteroatoms. The van der Waals surface area contributed by atoms with Crippen molar-refractivity contribution in [3.63, 3.8) is 0 Å². The van der Waals surface area contributed by atoms with Crippen molar-refractivity contribution in [2.24, 2.45) is 5.16 Å². The Bertz CT molecular complexity index is 79.0. The molecule has 1 radical (unpaired) electrons. The zero-order valence-electron chi connectivity index (χ0n) is 4.25. The van der Waals surface area contributed by atoms with E-state index in [0.717, 1.165) is 0 Å². The summed E-state index contributed by atoms with van der Waals surface area (Å²) in [6.45, 7) is 1.41. The van der Waals surface area contributed by atoms with Crippen molar-refractivity contribution in [3.05, 3.63) is 0 Å². The largest absolute Gasteiger partial charge is 0.409 e. The van der Waals surface area contributed by atoms with Crippen molar-refractivity contribution in [1.82, 2.24) is 5.06 Å². The summed E-state index contributed by atoms with van der Waals surface area (Å²) in [6, 6.07) is 0. The van der Waals surface area contributed by atoms with Crippen LogP contribution in [0.2, 0.25) is 0 Å². The fourth-order valence-corrected chi connectivity index (χ4v) is 0.0630. The normalized spacial score (nSPS) is 11.6. The van der Waals surface area contributed by atoms with Gasteiger partial charge in [0.05, 0.1) is 0 Å². The highest BCUT2D eigenvalue weighted by atomic mass is 16.5. The van der Waals surface area contributed by atoms with Crippen molar-refractivity contribution in [1.29, 1.82) is 0 Å². The Balaban J connectivity index is 3.56. The summed E-state index contributed by atoms with van der Waals surface area (Å²) in [5.41, 5.74) is 0. The first-order valence-corrected chi connectivity index (χ1v) is 1.78. The topological polar surface area (TPSA) is 55.7 Å². The van der Waals surface area contributed by atoms with Crippen molar-refractivity contribution in [3.8, 4) is 0 Å². The van der Waals surface area contributed by atoms with Crippen LogP contribution < -0.4 is 0 Å². The molecule has 7 heavy (non-hydrogen) atoms. The predicted molar refractivity (Wildman–Crippen MR) is 23.3 cm³/mol. The van der Waals surface area contributed by atoms with E-state index in [-0.39, 0.29) is 5.84 Å². The van der Waals surface area contributed by atoms with E-state index in [4.69, 9.17) is 5.21 Å². The minimum atomic E-state index is 0.0556. The lowest BCUT2D eigenvalue weighted by Gasteiger charge is -2.00. The third kappa shape index (κ3) is 1.99. The first-order chi connectivity index (χ1) is 3.18. The maximum absolute atomic E-state index is 10.0. The van der Waals surface area contributed by atoms with Crippen LogP contribution >= 0.6 is 0 Å². The molecule has 0 unspecified atom stereocenters. The lowest BCUT2D eigenvalue weighted by Crippen LogP contribution is -2.16. The van der Waals surface area contributed by atoms with Gasteiger partial charge in [0.15, 0.2) is 5.84 Å². The molecular formula is C3H7N2O2. The average Bonchev–Trinajstić information content (AvgIpc) is 1.65. The Morgan fingerprint density at radius 1 is 1.86 bits per heavy atom. The Morgan fingerprint density at radius 3 is 2.29 bits per heavy atom. The van der Waals surface area contributed by atoms with E-state index in [2.05, 4.69) is 5.16 Å². The SMILES string of the molecule is C/C(=N/O)N(C)[O]. The van der Waals surface area contributed by atoms with Crippen LogP contribution in [-0.4, -0.2) is 23.2 Å². The van der Waals surface area contributed by atoms with E-state index in [1.165, 1.54) is 14.0 Å². The zero-order chi connectivity index (χ0) is 5.86. The second-order valence-electron chi connectivity index (χ2n) is 1.14. The van der Waals surface area contributed by atoms with Gasteiger partial charge in [0.25, 0.3) is 0 Å². The summed E-state index contributed by atoms with van der Waals surface area (Å²) in [6.07, 6.45) is 0. The molecule has 0 aliphatic carbocycles. The van der Waals surface area contributed by atoms with E-state index < -0.39 is 0 Å². The summed E-state index contributed by atoms with van der Waals surface area (Å²) in [4.78, 5) is 0. The first kappa shape index (κ1) is 6.23. The molecule has 0 amide bonds. The molecule has 0 rings (SSSR count). The number of nitrogens with zero attached hydrogens (tertiary/aromatic N) is 2. The third-order valence-corrected chi connectivity index (χ3v) is 0.600. The Kier molecular flexibility index (Phi) is 2.15. The maximum atomic E-state index is 10.0. The molecule has 0 saturated carbocycles. The fraction of sp³-hybridized carbons (Fsp3) is 0.667. The van der Waals surface area contributed by atoms with Gasteiger partial charge in [0.2, 0.25) is 0 Å². The second-order valence-corrected chi connectivity index (χ2v) is 1.14. The quantitative estimate of drug-likeness (QED) is 0.204. The van der Waals surface area contributed by atoms with Gasteiger partial charge in [-0.3, -0.25) is 0 Å². The average molecular weight is 103 g/mol. The fourth-order valence-electron chi connectivity index (χ4n) is 0.0630. The summed E-state index contributed by atoms with van der Waals surface area (Å²) in [7, 11) is 1.26. The molecule has 0 bridgehead atoms. The molecule has 0 saturated heterocycles. The first-order valence-electron chi connectivity index (χ1n) is 1.78. The molecule has 0 heterocycles. The molecule has 0 aromatic heterocycles. The van der Waals surface area contributed by atoms with Gasteiger partial charge in [0.1, 0.15) is 0 Å². The van der Waals surface area contributed by atoms with Gasteiger partial charge in [-0.1, -0.05) is 10.4 Å². The summed E-state index contributed by atoms with van der Waals surface area (Å²) < 4.78 is 0. The molecule has 4 nitrogen and oxygen atoms in total. The lowest BCUT2D eigenvalue weighted by molar-refractivity contribution is -0.0689. The molecular weight excluding hydrogens is 96.0 g/mol. The maximum Gasteiger partial charge on any atom is 0.167 e. The number of rotatable bonds is 0. The van der Waals surface area contributed by atoms with Crippen LogP contribution in [0.15, 0.2) is 5.16 Å². The zero-order valence-corrected chi connectivity index (χ0v) is 4.25. The van der Waals surface area contributed by atoms with Crippen LogP contribution in [0, 0.1) is 0 Å². The molecule has 0 fully saturated rings. The van der Waals surface area contributed by atoms with Gasteiger partial charge in [-0.2, -0.15) is 0 Å². The lowest BCUT2D eigenvalue weighted by atomic mass is 10.7. The molecule has 0 spiro atoms. The second kappa shape index (κ2) is 2.41. The summed E-state index contributed by atoms with van der Waals surface area (Å²) in [5, 5.41) is 20.9. The van der Waals surface area contributed by atoms with Crippen molar-refractivity contribution < 1.29 is 10.4 Å². The Hall–Kier alpha value is -0.770. The Labute approximate surface area is 41.6 Å². The van der Waals surface area contributed by atoms with Crippen molar-refractivity contribution in [2.75, 3.05) is 7.05 Å². The molecule has 0 aromatic rings. The number of hydrogen-bond donors (Lipinski definition) is 1. The number of oxime groups is 1. The van der Waals surface area contributed by atoms with Crippen molar-refractivity contribution in [2.45, 2.75) is 6.92 Å². The number of hydroxylamine groups is 2. The molecule has 41 valence electrons. The summed E-state index contributed by atoms with van der Waals surface area (Å²) >= 11 is 0. The van der Waals surface area contributed by atoms with E-state index in [1.807, 2.05) is 0 Å². The van der Waals surface area contributed by atoms with Gasteiger partial charge >= 0.3 is 0 Å². The van der Waals surface area contributed by atoms with Gasteiger partial charge < -0.3 is 5.21 Å². The minimum Gasteiger partial charge on any atom is -0.409 e.